The average molecular weight is 463 g/mol. The van der Waals surface area contributed by atoms with E-state index in [4.69, 9.17) is 16.3 Å². The van der Waals surface area contributed by atoms with Crippen molar-refractivity contribution in [2.75, 3.05) is 16.8 Å². The highest BCUT2D eigenvalue weighted by molar-refractivity contribution is 6.34. The van der Waals surface area contributed by atoms with E-state index in [1.54, 1.807) is 30.3 Å². The molecule has 0 aromatic heterocycles. The molecule has 1 aliphatic rings. The van der Waals surface area contributed by atoms with Crippen LogP contribution in [0.2, 0.25) is 5.02 Å². The predicted molar refractivity (Wildman–Crippen MR) is 124 cm³/mol. The largest absolute Gasteiger partial charge is 0.452 e. The summed E-state index contributed by atoms with van der Waals surface area (Å²) in [4.78, 5) is 50.8. The summed E-state index contributed by atoms with van der Waals surface area (Å²) in [6.45, 7) is 3.21. The number of nitrogens with zero attached hydrogens (tertiary/aromatic N) is 1. The number of anilines is 2. The van der Waals surface area contributed by atoms with Gasteiger partial charge in [0.15, 0.2) is 6.61 Å². The number of fused-ring (bicyclic) bond motifs is 1. The van der Waals surface area contributed by atoms with Crippen LogP contribution in [0.5, 0.6) is 0 Å². The van der Waals surface area contributed by atoms with E-state index in [0.29, 0.717) is 27.5 Å². The van der Waals surface area contributed by atoms with Gasteiger partial charge < -0.3 is 10.1 Å². The first-order chi connectivity index (χ1) is 15.8. The number of hydrogen-bond donors (Lipinski definition) is 1. The van der Waals surface area contributed by atoms with Gasteiger partial charge in [-0.25, -0.2) is 9.69 Å². The first-order valence-electron chi connectivity index (χ1n) is 10.1. The summed E-state index contributed by atoms with van der Waals surface area (Å²) in [5.74, 6) is -2.09. The van der Waals surface area contributed by atoms with Crippen LogP contribution in [-0.4, -0.2) is 30.3 Å². The Morgan fingerprint density at radius 3 is 2.12 bits per heavy atom. The number of carbonyl (C=O) groups is 4. The minimum absolute atomic E-state index is 0.174. The van der Waals surface area contributed by atoms with Crippen LogP contribution in [0.3, 0.4) is 0 Å². The van der Waals surface area contributed by atoms with E-state index in [1.165, 1.54) is 24.3 Å². The van der Waals surface area contributed by atoms with E-state index in [9.17, 15) is 19.2 Å². The van der Waals surface area contributed by atoms with E-state index < -0.39 is 30.3 Å². The molecule has 3 aromatic rings. The zero-order valence-corrected chi connectivity index (χ0v) is 18.6. The minimum atomic E-state index is -0.717. The Balaban J connectivity index is 1.39. The van der Waals surface area contributed by atoms with Crippen molar-refractivity contribution in [2.45, 2.75) is 13.8 Å². The van der Waals surface area contributed by atoms with Gasteiger partial charge in [0.2, 0.25) is 0 Å². The fourth-order valence-corrected chi connectivity index (χ4v) is 4.00. The van der Waals surface area contributed by atoms with Crippen LogP contribution < -0.4 is 10.2 Å². The number of nitrogens with one attached hydrogen (secondary N) is 1. The standard InChI is InChI=1S/C25H19ClN2O5/c1-14-11-15(2)22(20(26)12-14)27-21(29)13-33-25(32)16-7-9-17(10-8-16)28-23(30)18-5-3-4-6-19(18)24(28)31/h3-12H,13H2,1-2H3,(H,27,29). The van der Waals surface area contributed by atoms with Gasteiger partial charge in [0.25, 0.3) is 17.7 Å². The summed E-state index contributed by atoms with van der Waals surface area (Å²) in [6.07, 6.45) is 0. The lowest BCUT2D eigenvalue weighted by molar-refractivity contribution is -0.119. The topological polar surface area (TPSA) is 92.8 Å². The molecule has 7 nitrogen and oxygen atoms in total. The van der Waals surface area contributed by atoms with Gasteiger partial charge in [0.1, 0.15) is 0 Å². The van der Waals surface area contributed by atoms with Crippen molar-refractivity contribution in [2.24, 2.45) is 0 Å². The molecule has 1 aliphatic heterocycles. The van der Waals surface area contributed by atoms with Crippen LogP contribution in [0.4, 0.5) is 11.4 Å². The third-order valence-corrected chi connectivity index (χ3v) is 5.48. The first kappa shape index (κ1) is 22.2. The summed E-state index contributed by atoms with van der Waals surface area (Å²) in [5, 5.41) is 3.05. The van der Waals surface area contributed by atoms with Crippen molar-refractivity contribution in [1.29, 1.82) is 0 Å². The number of esters is 1. The molecule has 3 amide bonds. The molecule has 0 bridgehead atoms. The number of amides is 3. The lowest BCUT2D eigenvalue weighted by Gasteiger charge is -2.14. The van der Waals surface area contributed by atoms with E-state index in [1.807, 2.05) is 19.9 Å². The fraction of sp³-hybridized carbons (Fsp3) is 0.120. The smallest absolute Gasteiger partial charge is 0.338 e. The quantitative estimate of drug-likeness (QED) is 0.443. The highest BCUT2D eigenvalue weighted by atomic mass is 35.5. The van der Waals surface area contributed by atoms with Crippen LogP contribution >= 0.6 is 11.6 Å². The number of rotatable bonds is 5. The van der Waals surface area contributed by atoms with Gasteiger partial charge in [-0.15, -0.1) is 0 Å². The predicted octanol–water partition coefficient (Wildman–Crippen LogP) is 4.55. The molecule has 33 heavy (non-hydrogen) atoms. The zero-order chi connectivity index (χ0) is 23.7. The summed E-state index contributed by atoms with van der Waals surface area (Å²) in [6, 6.07) is 16.0. The molecule has 0 radical (unpaired) electrons. The van der Waals surface area contributed by atoms with Crippen molar-refractivity contribution >= 4 is 46.7 Å². The van der Waals surface area contributed by atoms with Crippen molar-refractivity contribution in [3.8, 4) is 0 Å². The van der Waals surface area contributed by atoms with Crippen molar-refractivity contribution in [3.63, 3.8) is 0 Å². The van der Waals surface area contributed by atoms with Gasteiger partial charge in [-0.2, -0.15) is 0 Å². The van der Waals surface area contributed by atoms with Gasteiger partial charge in [-0.05, 0) is 67.4 Å². The second kappa shape index (κ2) is 8.88. The Morgan fingerprint density at radius 1 is 0.939 bits per heavy atom. The van der Waals surface area contributed by atoms with E-state index in [0.717, 1.165) is 16.0 Å². The van der Waals surface area contributed by atoms with Crippen LogP contribution in [0.15, 0.2) is 60.7 Å². The molecule has 0 atom stereocenters. The summed E-state index contributed by atoms with van der Waals surface area (Å²) in [7, 11) is 0. The highest BCUT2D eigenvalue weighted by Gasteiger charge is 2.36. The molecule has 4 rings (SSSR count). The number of hydrogen-bond acceptors (Lipinski definition) is 5. The Hall–Kier alpha value is -3.97. The lowest BCUT2D eigenvalue weighted by Crippen LogP contribution is -2.29. The van der Waals surface area contributed by atoms with Crippen LogP contribution in [-0.2, 0) is 9.53 Å². The third kappa shape index (κ3) is 4.36. The van der Waals surface area contributed by atoms with Gasteiger partial charge >= 0.3 is 5.97 Å². The maximum Gasteiger partial charge on any atom is 0.338 e. The normalized spacial score (nSPS) is 12.5. The second-order valence-corrected chi connectivity index (χ2v) is 8.01. The monoisotopic (exact) mass is 462 g/mol. The van der Waals surface area contributed by atoms with Crippen molar-refractivity contribution < 1.29 is 23.9 Å². The second-order valence-electron chi connectivity index (χ2n) is 7.60. The first-order valence-corrected chi connectivity index (χ1v) is 10.5. The van der Waals surface area contributed by atoms with Gasteiger partial charge in [0.05, 0.1) is 33.1 Å². The summed E-state index contributed by atoms with van der Waals surface area (Å²) < 4.78 is 5.08. The lowest BCUT2D eigenvalue weighted by atomic mass is 10.1. The maximum absolute atomic E-state index is 12.6. The Kier molecular flexibility index (Phi) is 5.98. The molecule has 0 unspecified atom stereocenters. The van der Waals surface area contributed by atoms with Gasteiger partial charge in [-0.3, -0.25) is 14.4 Å². The molecule has 0 spiro atoms. The van der Waals surface area contributed by atoms with Crippen molar-refractivity contribution in [1.82, 2.24) is 0 Å². The number of benzene rings is 3. The minimum Gasteiger partial charge on any atom is -0.452 e. The Bertz CT molecular complexity index is 1240. The van der Waals surface area contributed by atoms with Crippen LogP contribution in [0.25, 0.3) is 0 Å². The summed E-state index contributed by atoms with van der Waals surface area (Å²) >= 11 is 6.18. The van der Waals surface area contributed by atoms with E-state index >= 15 is 0 Å². The van der Waals surface area contributed by atoms with Crippen LogP contribution in [0.1, 0.15) is 42.2 Å². The molecule has 0 aliphatic carbocycles. The third-order valence-electron chi connectivity index (χ3n) is 5.19. The summed E-state index contributed by atoms with van der Waals surface area (Å²) in [5.41, 5.74) is 3.40. The molecule has 3 aromatic carbocycles. The number of aryl methyl sites for hydroxylation is 2. The van der Waals surface area contributed by atoms with Crippen LogP contribution in [0, 0.1) is 13.8 Å². The molecular weight excluding hydrogens is 444 g/mol. The molecule has 8 heteroatoms. The van der Waals surface area contributed by atoms with Gasteiger partial charge in [-0.1, -0.05) is 29.8 Å². The van der Waals surface area contributed by atoms with E-state index in [-0.39, 0.29) is 5.56 Å². The Labute approximate surface area is 194 Å². The van der Waals surface area contributed by atoms with Gasteiger partial charge in [0, 0.05) is 0 Å². The fourth-order valence-electron chi connectivity index (χ4n) is 3.63. The molecule has 0 saturated carbocycles. The number of imide groups is 1. The van der Waals surface area contributed by atoms with E-state index in [2.05, 4.69) is 5.32 Å². The average Bonchev–Trinajstić information content (AvgIpc) is 3.05. The molecule has 1 N–H and O–H groups in total. The van der Waals surface area contributed by atoms with Crippen molar-refractivity contribution in [3.05, 3.63) is 93.5 Å². The molecule has 166 valence electrons. The molecule has 0 fully saturated rings. The Morgan fingerprint density at radius 2 is 1.55 bits per heavy atom. The molecule has 1 heterocycles. The highest BCUT2D eigenvalue weighted by Crippen LogP contribution is 2.29. The maximum atomic E-state index is 12.6. The SMILES string of the molecule is Cc1cc(C)c(NC(=O)COC(=O)c2ccc(N3C(=O)c4ccccc4C3=O)cc2)c(Cl)c1. The molecule has 0 saturated heterocycles. The number of halogens is 1. The molecular formula is C25H19ClN2O5. The zero-order valence-electron chi connectivity index (χ0n) is 17.8. The number of carbonyl (C=O) groups excluding carboxylic acids is 4. The number of ether oxygens (including phenoxy) is 1.